The number of halogens is 2. The molecular formula is C29H37F2N7O2. The van der Waals surface area contributed by atoms with Gasteiger partial charge in [-0.15, -0.1) is 0 Å². The van der Waals surface area contributed by atoms with E-state index in [9.17, 15) is 13.6 Å². The van der Waals surface area contributed by atoms with Gasteiger partial charge in [-0.1, -0.05) is 44.2 Å². The van der Waals surface area contributed by atoms with Crippen LogP contribution >= 0.6 is 0 Å². The third-order valence-electron chi connectivity index (χ3n) is 7.31. The summed E-state index contributed by atoms with van der Waals surface area (Å²) in [5.41, 5.74) is 3.70. The van der Waals surface area contributed by atoms with Gasteiger partial charge in [-0.2, -0.15) is 19.6 Å². The second kappa shape index (κ2) is 12.4. The maximum Gasteiger partial charge on any atom is 0.261 e. The number of nitrogens with one attached hydrogen (secondary N) is 2. The normalized spacial score (nSPS) is 18.2. The van der Waals surface area contributed by atoms with Crippen LogP contribution in [0.2, 0.25) is 0 Å². The van der Waals surface area contributed by atoms with E-state index in [1.165, 1.54) is 6.08 Å². The van der Waals surface area contributed by atoms with Crippen molar-refractivity contribution < 1.29 is 18.3 Å². The van der Waals surface area contributed by atoms with Gasteiger partial charge in [0.25, 0.3) is 5.92 Å². The molecule has 4 heterocycles. The molecule has 0 spiro atoms. The fraction of sp³-hybridized carbons (Fsp3) is 0.517. The molecule has 9 nitrogen and oxygen atoms in total. The van der Waals surface area contributed by atoms with Gasteiger partial charge in [0.05, 0.1) is 12.7 Å². The topological polar surface area (TPSA) is 96.7 Å². The van der Waals surface area contributed by atoms with Gasteiger partial charge in [0.1, 0.15) is 0 Å². The van der Waals surface area contributed by atoms with Gasteiger partial charge >= 0.3 is 0 Å². The number of hydrogen-bond donors (Lipinski definition) is 2. The van der Waals surface area contributed by atoms with E-state index in [-0.39, 0.29) is 37.1 Å². The summed E-state index contributed by atoms with van der Waals surface area (Å²) < 4.78 is 33.9. The van der Waals surface area contributed by atoms with Crippen LogP contribution in [-0.4, -0.2) is 75.1 Å². The molecule has 2 aliphatic heterocycles. The molecule has 40 heavy (non-hydrogen) atoms. The fourth-order valence-electron chi connectivity index (χ4n) is 5.09. The molecule has 2 aromatic heterocycles. The molecule has 2 aliphatic rings. The lowest BCUT2D eigenvalue weighted by molar-refractivity contribution is -0.114. The van der Waals surface area contributed by atoms with Crippen molar-refractivity contribution in [2.75, 3.05) is 43.5 Å². The van der Waals surface area contributed by atoms with Crippen LogP contribution < -0.4 is 10.6 Å². The van der Waals surface area contributed by atoms with Crippen LogP contribution in [0.1, 0.15) is 55.7 Å². The number of fused-ring (bicyclic) bond motifs is 1. The third kappa shape index (κ3) is 7.19. The van der Waals surface area contributed by atoms with E-state index in [0.717, 1.165) is 48.4 Å². The minimum absolute atomic E-state index is 0.0600. The lowest BCUT2D eigenvalue weighted by Gasteiger charge is -2.23. The number of alkyl halides is 2. The molecule has 2 fully saturated rings. The van der Waals surface area contributed by atoms with Gasteiger partial charge in [0, 0.05) is 57.3 Å². The van der Waals surface area contributed by atoms with Crippen LogP contribution in [0.3, 0.4) is 0 Å². The molecular weight excluding hydrogens is 516 g/mol. The number of allylic oxidation sites excluding steroid dienone is 1. The Bertz CT molecular complexity index is 1350. The molecule has 0 atom stereocenters. The summed E-state index contributed by atoms with van der Waals surface area (Å²) in [4.78, 5) is 23.7. The number of aromatic nitrogens is 4. The van der Waals surface area contributed by atoms with Crippen LogP contribution in [0.4, 0.5) is 20.7 Å². The number of carbonyl (C=O) groups excluding carboxylic acids is 1. The largest absolute Gasteiger partial charge is 0.381 e. The molecule has 0 aliphatic carbocycles. The van der Waals surface area contributed by atoms with Gasteiger partial charge in [-0.05, 0) is 36.0 Å². The standard InChI is InChI=1S/C29H37F2N7O2/c1-20(2)25-18-33-38-26(25)35-27(34-23-8-13-40-14-9-23)36-28(38)32-17-22-6-3-5-21(15-22)16-24(39)7-4-11-37-12-10-29(30,31)19-37/h3-7,15,18,20,23H,8-14,16-17,19H2,1-2H3,(H2,32,34,35,36)/b7-4+. The van der Waals surface area contributed by atoms with E-state index in [0.29, 0.717) is 31.5 Å². The summed E-state index contributed by atoms with van der Waals surface area (Å²) in [6.07, 6.45) is 6.95. The Morgan fingerprint density at radius 2 is 2.02 bits per heavy atom. The van der Waals surface area contributed by atoms with Crippen molar-refractivity contribution in [1.82, 2.24) is 24.5 Å². The van der Waals surface area contributed by atoms with Crippen LogP contribution in [-0.2, 0) is 22.5 Å². The molecule has 0 amide bonds. The van der Waals surface area contributed by atoms with Gasteiger partial charge in [-0.25, -0.2) is 8.78 Å². The first-order valence-corrected chi connectivity index (χ1v) is 14.0. The zero-order valence-electron chi connectivity index (χ0n) is 23.1. The first-order chi connectivity index (χ1) is 19.3. The summed E-state index contributed by atoms with van der Waals surface area (Å²) in [6, 6.07) is 8.08. The highest BCUT2D eigenvalue weighted by molar-refractivity contribution is 5.91. The van der Waals surface area contributed by atoms with Gasteiger partial charge in [0.2, 0.25) is 11.9 Å². The fourth-order valence-corrected chi connectivity index (χ4v) is 5.09. The zero-order valence-corrected chi connectivity index (χ0v) is 23.1. The summed E-state index contributed by atoms with van der Waals surface area (Å²) in [5, 5.41) is 11.4. The van der Waals surface area contributed by atoms with Crippen molar-refractivity contribution in [2.45, 2.75) is 64.0 Å². The smallest absolute Gasteiger partial charge is 0.261 e. The van der Waals surface area contributed by atoms with Crippen molar-refractivity contribution in [3.8, 4) is 0 Å². The summed E-state index contributed by atoms with van der Waals surface area (Å²) >= 11 is 0. The summed E-state index contributed by atoms with van der Waals surface area (Å²) in [7, 11) is 0. The Morgan fingerprint density at radius 1 is 1.23 bits per heavy atom. The molecule has 2 N–H and O–H groups in total. The number of likely N-dealkylation sites (tertiary alicyclic amines) is 1. The highest BCUT2D eigenvalue weighted by Gasteiger charge is 2.37. The Labute approximate surface area is 233 Å². The molecule has 0 saturated carbocycles. The number of ketones is 1. The zero-order chi connectivity index (χ0) is 28.1. The van der Waals surface area contributed by atoms with Crippen LogP contribution in [0, 0.1) is 0 Å². The average Bonchev–Trinajstić information content (AvgIpc) is 3.51. The van der Waals surface area contributed by atoms with Crippen molar-refractivity contribution in [2.24, 2.45) is 0 Å². The van der Waals surface area contributed by atoms with E-state index in [1.54, 1.807) is 15.5 Å². The molecule has 11 heteroatoms. The lowest BCUT2D eigenvalue weighted by Crippen LogP contribution is -2.29. The number of rotatable bonds is 11. The van der Waals surface area contributed by atoms with Crippen LogP contribution in [0.25, 0.3) is 5.65 Å². The predicted molar refractivity (Wildman–Crippen MR) is 150 cm³/mol. The quantitative estimate of drug-likeness (QED) is 0.336. The first kappa shape index (κ1) is 28.1. The Hall–Kier alpha value is -3.44. The number of carbonyl (C=O) groups is 1. The Morgan fingerprint density at radius 3 is 2.77 bits per heavy atom. The minimum atomic E-state index is -2.62. The van der Waals surface area contributed by atoms with Crippen LogP contribution in [0.15, 0.2) is 42.6 Å². The van der Waals surface area contributed by atoms with Crippen LogP contribution in [0.5, 0.6) is 0 Å². The number of hydrogen-bond acceptors (Lipinski definition) is 8. The number of benzene rings is 1. The second-order valence-corrected chi connectivity index (χ2v) is 11.0. The summed E-state index contributed by atoms with van der Waals surface area (Å²) in [5.74, 6) is -1.27. The van der Waals surface area contributed by atoms with Crippen molar-refractivity contribution in [3.05, 3.63) is 59.3 Å². The Balaban J connectivity index is 1.24. The van der Waals surface area contributed by atoms with E-state index in [4.69, 9.17) is 14.7 Å². The monoisotopic (exact) mass is 553 g/mol. The number of nitrogens with zero attached hydrogens (tertiary/aromatic N) is 5. The highest BCUT2D eigenvalue weighted by atomic mass is 19.3. The predicted octanol–water partition coefficient (Wildman–Crippen LogP) is 4.46. The second-order valence-electron chi connectivity index (χ2n) is 11.0. The molecule has 0 radical (unpaired) electrons. The van der Waals surface area contributed by atoms with E-state index >= 15 is 0 Å². The van der Waals surface area contributed by atoms with E-state index in [1.807, 2.05) is 30.5 Å². The molecule has 3 aromatic rings. The number of anilines is 2. The van der Waals surface area contributed by atoms with Gasteiger partial charge in [-0.3, -0.25) is 9.69 Å². The Kier molecular flexibility index (Phi) is 8.70. The van der Waals surface area contributed by atoms with Crippen molar-refractivity contribution in [3.63, 3.8) is 0 Å². The molecule has 5 rings (SSSR count). The van der Waals surface area contributed by atoms with E-state index < -0.39 is 5.92 Å². The van der Waals surface area contributed by atoms with Gasteiger partial charge in [0.15, 0.2) is 11.4 Å². The van der Waals surface area contributed by atoms with Crippen molar-refractivity contribution >= 4 is 23.3 Å². The molecule has 2 saturated heterocycles. The minimum Gasteiger partial charge on any atom is -0.381 e. The van der Waals surface area contributed by atoms with Crippen molar-refractivity contribution in [1.29, 1.82) is 0 Å². The molecule has 214 valence electrons. The number of ether oxygens (including phenoxy) is 1. The van der Waals surface area contributed by atoms with E-state index in [2.05, 4.69) is 29.6 Å². The highest BCUT2D eigenvalue weighted by Crippen LogP contribution is 2.26. The SMILES string of the molecule is CC(C)c1cnn2c(NCc3cccc(CC(=O)/C=C/CN4CCC(F)(F)C4)c3)nc(NC3CCOCC3)nc12. The maximum absolute atomic E-state index is 13.3. The first-order valence-electron chi connectivity index (χ1n) is 14.0. The maximum atomic E-state index is 13.3. The molecule has 1 aromatic carbocycles. The summed E-state index contributed by atoms with van der Waals surface area (Å²) in [6.45, 7) is 6.63. The third-order valence-corrected chi connectivity index (χ3v) is 7.31. The van der Waals surface area contributed by atoms with Gasteiger partial charge < -0.3 is 15.4 Å². The average molecular weight is 554 g/mol. The molecule has 0 bridgehead atoms. The molecule has 0 unspecified atom stereocenters. The lowest BCUT2D eigenvalue weighted by atomic mass is 10.1.